The van der Waals surface area contributed by atoms with Crippen LogP contribution in [-0.4, -0.2) is 24.5 Å². The van der Waals surface area contributed by atoms with Crippen molar-refractivity contribution in [2.75, 3.05) is 13.2 Å². The molecule has 3 nitrogen and oxygen atoms in total. The summed E-state index contributed by atoms with van der Waals surface area (Å²) in [5.74, 6) is 0. The van der Waals surface area contributed by atoms with E-state index in [-0.39, 0.29) is 0 Å². The molecule has 62 valence electrons. The molecule has 0 bridgehead atoms. The van der Waals surface area contributed by atoms with Crippen molar-refractivity contribution in [3.63, 3.8) is 0 Å². The molecule has 3 N–H and O–H groups in total. The molecule has 10 heavy (non-hydrogen) atoms. The number of rotatable bonds is 6. The van der Waals surface area contributed by atoms with Crippen molar-refractivity contribution in [2.45, 2.75) is 32.4 Å². The van der Waals surface area contributed by atoms with Crippen LogP contribution in [0.5, 0.6) is 0 Å². The second kappa shape index (κ2) is 6.99. The molecule has 0 fully saturated rings. The minimum absolute atomic E-state index is 0.531. The predicted octanol–water partition coefficient (Wildman–Crippen LogP) is 0.470. The summed E-state index contributed by atoms with van der Waals surface area (Å²) in [6.07, 6.45) is 2.04. The second-order valence-corrected chi connectivity index (χ2v) is 2.32. The third kappa shape index (κ3) is 7.88. The van der Waals surface area contributed by atoms with Crippen molar-refractivity contribution >= 4 is 0 Å². The molecule has 0 aliphatic heterocycles. The van der Waals surface area contributed by atoms with Crippen LogP contribution in [0.3, 0.4) is 0 Å². The largest absolute Gasteiger partial charge is 0.381 e. The highest BCUT2D eigenvalue weighted by Crippen LogP contribution is 1.90. The fourth-order valence-electron chi connectivity index (χ4n) is 0.553. The number of nitrogens with two attached hydrogens (primary N) is 1. The van der Waals surface area contributed by atoms with Gasteiger partial charge in [0.2, 0.25) is 0 Å². The van der Waals surface area contributed by atoms with Crippen LogP contribution in [0.25, 0.3) is 0 Å². The van der Waals surface area contributed by atoms with Gasteiger partial charge in [0.05, 0.1) is 6.61 Å². The summed E-state index contributed by atoms with van der Waals surface area (Å²) in [4.78, 5) is 0. The van der Waals surface area contributed by atoms with Crippen molar-refractivity contribution < 1.29 is 9.84 Å². The standard InChI is InChI=1S/C7H17NO2/c1-2-3-5-10-6-4-7(8)9/h7,9H,2-6,8H2,1H3. The average molecular weight is 147 g/mol. The first kappa shape index (κ1) is 9.88. The zero-order chi connectivity index (χ0) is 7.82. The molecule has 0 aromatic carbocycles. The zero-order valence-corrected chi connectivity index (χ0v) is 6.55. The van der Waals surface area contributed by atoms with E-state index in [1.807, 2.05) is 0 Å². The summed E-state index contributed by atoms with van der Waals surface area (Å²) in [6.45, 7) is 3.46. The van der Waals surface area contributed by atoms with Gasteiger partial charge in [-0.25, -0.2) is 0 Å². The predicted molar refractivity (Wildman–Crippen MR) is 40.5 cm³/mol. The van der Waals surface area contributed by atoms with Gasteiger partial charge in [-0.3, -0.25) is 0 Å². The molecule has 1 unspecified atom stereocenters. The van der Waals surface area contributed by atoms with E-state index in [1.54, 1.807) is 0 Å². The van der Waals surface area contributed by atoms with Gasteiger partial charge in [0.15, 0.2) is 0 Å². The Bertz CT molecular complexity index is 66.6. The van der Waals surface area contributed by atoms with Crippen molar-refractivity contribution in [3.05, 3.63) is 0 Å². The topological polar surface area (TPSA) is 55.5 Å². The minimum atomic E-state index is -0.721. The Morgan fingerprint density at radius 1 is 1.50 bits per heavy atom. The van der Waals surface area contributed by atoms with Crippen molar-refractivity contribution in [2.24, 2.45) is 5.73 Å². The molecule has 0 aromatic rings. The van der Waals surface area contributed by atoms with Crippen LogP contribution in [0.4, 0.5) is 0 Å². The Hall–Kier alpha value is -0.120. The molecule has 0 heterocycles. The molecule has 0 aliphatic rings. The van der Waals surface area contributed by atoms with Crippen LogP contribution in [0.2, 0.25) is 0 Å². The lowest BCUT2D eigenvalue weighted by Gasteiger charge is -2.04. The lowest BCUT2D eigenvalue weighted by Crippen LogP contribution is -2.20. The molecule has 3 heteroatoms. The maximum absolute atomic E-state index is 8.61. The maximum atomic E-state index is 8.61. The minimum Gasteiger partial charge on any atom is -0.381 e. The molecule has 0 saturated heterocycles. The third-order valence-corrected chi connectivity index (χ3v) is 1.20. The quantitative estimate of drug-likeness (QED) is 0.424. The number of ether oxygens (including phenoxy) is 1. The number of hydrogen-bond donors (Lipinski definition) is 2. The molecular weight excluding hydrogens is 130 g/mol. The summed E-state index contributed by atoms with van der Waals surface area (Å²) < 4.78 is 5.14. The molecule has 0 radical (unpaired) electrons. The maximum Gasteiger partial charge on any atom is 0.104 e. The zero-order valence-electron chi connectivity index (χ0n) is 6.55. The average Bonchev–Trinajstić information content (AvgIpc) is 1.87. The lowest BCUT2D eigenvalue weighted by atomic mass is 10.3. The van der Waals surface area contributed by atoms with E-state index in [1.165, 1.54) is 0 Å². The van der Waals surface area contributed by atoms with Crippen molar-refractivity contribution in [1.82, 2.24) is 0 Å². The first-order valence-corrected chi connectivity index (χ1v) is 3.78. The van der Waals surface area contributed by atoms with Gasteiger partial charge in [-0.15, -0.1) is 0 Å². The third-order valence-electron chi connectivity index (χ3n) is 1.20. The Morgan fingerprint density at radius 2 is 2.20 bits per heavy atom. The molecule has 0 aliphatic carbocycles. The smallest absolute Gasteiger partial charge is 0.104 e. The normalized spacial score (nSPS) is 13.5. The molecule has 0 saturated carbocycles. The molecule has 1 atom stereocenters. The van der Waals surface area contributed by atoms with Crippen LogP contribution < -0.4 is 5.73 Å². The van der Waals surface area contributed by atoms with Gasteiger partial charge in [0, 0.05) is 13.0 Å². The van der Waals surface area contributed by atoms with E-state index in [4.69, 9.17) is 15.6 Å². The van der Waals surface area contributed by atoms with E-state index in [9.17, 15) is 0 Å². The Morgan fingerprint density at radius 3 is 2.70 bits per heavy atom. The highest BCUT2D eigenvalue weighted by atomic mass is 16.5. The molecule has 0 aromatic heterocycles. The molecule has 0 spiro atoms. The molecule has 0 rings (SSSR count). The summed E-state index contributed by atoms with van der Waals surface area (Å²) in [5.41, 5.74) is 5.08. The number of hydrogen-bond acceptors (Lipinski definition) is 3. The number of aliphatic hydroxyl groups excluding tert-OH is 1. The van der Waals surface area contributed by atoms with Gasteiger partial charge >= 0.3 is 0 Å². The van der Waals surface area contributed by atoms with E-state index in [2.05, 4.69) is 6.92 Å². The fourth-order valence-corrected chi connectivity index (χ4v) is 0.553. The van der Waals surface area contributed by atoms with Crippen molar-refractivity contribution in [3.8, 4) is 0 Å². The van der Waals surface area contributed by atoms with Crippen LogP contribution in [0.1, 0.15) is 26.2 Å². The SMILES string of the molecule is CCCCOCCC(N)O. The van der Waals surface area contributed by atoms with E-state index in [0.29, 0.717) is 13.0 Å². The Balaban J connectivity index is 2.77. The number of aliphatic hydroxyl groups is 1. The van der Waals surface area contributed by atoms with E-state index < -0.39 is 6.23 Å². The van der Waals surface area contributed by atoms with Gasteiger partial charge in [0.25, 0.3) is 0 Å². The van der Waals surface area contributed by atoms with Gasteiger partial charge < -0.3 is 15.6 Å². The Labute approximate surface area is 62.2 Å². The van der Waals surface area contributed by atoms with Gasteiger partial charge in [-0.05, 0) is 6.42 Å². The van der Waals surface area contributed by atoms with Crippen LogP contribution >= 0.6 is 0 Å². The van der Waals surface area contributed by atoms with Crippen LogP contribution in [0, 0.1) is 0 Å². The summed E-state index contributed by atoms with van der Waals surface area (Å²) in [6, 6.07) is 0. The van der Waals surface area contributed by atoms with Crippen molar-refractivity contribution in [1.29, 1.82) is 0 Å². The van der Waals surface area contributed by atoms with Gasteiger partial charge in [0.1, 0.15) is 6.23 Å². The highest BCUT2D eigenvalue weighted by molar-refractivity contribution is 4.42. The second-order valence-electron chi connectivity index (χ2n) is 2.32. The van der Waals surface area contributed by atoms with Gasteiger partial charge in [-0.2, -0.15) is 0 Å². The van der Waals surface area contributed by atoms with Crippen LogP contribution in [-0.2, 0) is 4.74 Å². The Kier molecular flexibility index (Phi) is 6.91. The fraction of sp³-hybridized carbons (Fsp3) is 1.00. The molecule has 0 amide bonds. The summed E-state index contributed by atoms with van der Waals surface area (Å²) in [5, 5.41) is 8.61. The summed E-state index contributed by atoms with van der Waals surface area (Å²) in [7, 11) is 0. The van der Waals surface area contributed by atoms with E-state index >= 15 is 0 Å². The summed E-state index contributed by atoms with van der Waals surface area (Å²) >= 11 is 0. The number of unbranched alkanes of at least 4 members (excludes halogenated alkanes) is 1. The first-order chi connectivity index (χ1) is 4.77. The first-order valence-electron chi connectivity index (χ1n) is 3.78. The lowest BCUT2D eigenvalue weighted by molar-refractivity contribution is 0.0832. The van der Waals surface area contributed by atoms with E-state index in [0.717, 1.165) is 19.4 Å². The van der Waals surface area contributed by atoms with Gasteiger partial charge in [-0.1, -0.05) is 13.3 Å². The molecular formula is C7H17NO2. The monoisotopic (exact) mass is 147 g/mol. The highest BCUT2D eigenvalue weighted by Gasteiger charge is 1.93. The van der Waals surface area contributed by atoms with Crippen LogP contribution in [0.15, 0.2) is 0 Å².